The number of rotatable bonds is 5. The van der Waals surface area contributed by atoms with Gasteiger partial charge in [-0.05, 0) is 47.7 Å². The van der Waals surface area contributed by atoms with Crippen molar-refractivity contribution in [2.75, 3.05) is 0 Å². The van der Waals surface area contributed by atoms with E-state index in [1.807, 2.05) is 18.2 Å². The third kappa shape index (κ3) is 3.98. The quantitative estimate of drug-likeness (QED) is 0.227. The van der Waals surface area contributed by atoms with Crippen molar-refractivity contribution in [3.05, 3.63) is 53.6 Å². The van der Waals surface area contributed by atoms with E-state index < -0.39 is 9.04 Å². The van der Waals surface area contributed by atoms with Crippen LogP contribution in [0.4, 0.5) is 0 Å². The molecule has 0 spiro atoms. The zero-order chi connectivity index (χ0) is 20.7. The molecule has 0 heterocycles. The van der Waals surface area contributed by atoms with Crippen LogP contribution in [-0.2, 0) is 13.5 Å². The van der Waals surface area contributed by atoms with Gasteiger partial charge in [-0.15, -0.1) is 0 Å². The summed E-state index contributed by atoms with van der Waals surface area (Å²) in [5.74, 6) is 0.306. The summed E-state index contributed by atoms with van der Waals surface area (Å²) in [7, 11) is -0.850. The van der Waals surface area contributed by atoms with Crippen molar-refractivity contribution in [1.82, 2.24) is 0 Å². The molecule has 3 rings (SSSR count). The third-order valence-electron chi connectivity index (χ3n) is 5.14. The van der Waals surface area contributed by atoms with E-state index >= 15 is 0 Å². The fourth-order valence-corrected chi connectivity index (χ4v) is 5.83. The molecule has 0 bridgehead atoms. The molecule has 2 unspecified atom stereocenters. The first-order valence-corrected chi connectivity index (χ1v) is 12.8. The van der Waals surface area contributed by atoms with E-state index in [4.69, 9.17) is 9.16 Å². The summed E-state index contributed by atoms with van der Waals surface area (Å²) < 4.78 is 11.6. The molecule has 0 N–H and O–H groups in total. The lowest BCUT2D eigenvalue weighted by Gasteiger charge is -2.38. The lowest BCUT2D eigenvalue weighted by molar-refractivity contribution is -0.131. The maximum atomic E-state index is 11.7. The number of benzene rings is 2. The van der Waals surface area contributed by atoms with Gasteiger partial charge in [-0.25, -0.2) is 0 Å². The molecule has 2 aromatic carbocycles. The van der Waals surface area contributed by atoms with Gasteiger partial charge in [0.1, 0.15) is 5.75 Å². The van der Waals surface area contributed by atoms with Crippen molar-refractivity contribution in [2.45, 2.75) is 57.6 Å². The van der Waals surface area contributed by atoms with Gasteiger partial charge < -0.3 is 9.16 Å². The molecule has 1 aliphatic rings. The number of hydrogen-bond acceptors (Lipinski definition) is 3. The molecule has 2 aromatic rings. The summed E-state index contributed by atoms with van der Waals surface area (Å²) >= 11 is 4.12. The predicted octanol–water partition coefficient (Wildman–Crippen LogP) is 6.30. The van der Waals surface area contributed by atoms with Crippen molar-refractivity contribution in [1.29, 1.82) is 0 Å². The van der Waals surface area contributed by atoms with E-state index in [0.717, 1.165) is 23.1 Å². The maximum Gasteiger partial charge on any atom is 0.308 e. The molecular weight excluding hydrogens is 432 g/mol. The first-order valence-electron chi connectivity index (χ1n) is 9.61. The molecule has 0 amide bonds. The Kier molecular flexibility index (Phi) is 5.90. The minimum Gasteiger partial charge on any atom is -0.426 e. The number of halogens is 1. The summed E-state index contributed by atoms with van der Waals surface area (Å²) in [6.07, 6.45) is 0.895. The Bertz CT molecular complexity index is 888. The van der Waals surface area contributed by atoms with Crippen LogP contribution in [0.15, 0.2) is 42.5 Å². The molecule has 149 valence electrons. The second kappa shape index (κ2) is 7.77. The Morgan fingerprint density at radius 2 is 1.75 bits per heavy atom. The molecule has 28 heavy (non-hydrogen) atoms. The number of hydrogen-bond donors (Lipinski definition) is 0. The molecule has 0 aliphatic heterocycles. The van der Waals surface area contributed by atoms with Gasteiger partial charge in [0.15, 0.2) is 0 Å². The Balaban J connectivity index is 2.16. The highest BCUT2D eigenvalue weighted by molar-refractivity contribution is 9.09. The summed E-state index contributed by atoms with van der Waals surface area (Å²) in [6.45, 7) is 12.5. The molecule has 0 fully saturated rings. The Morgan fingerprint density at radius 1 is 1.11 bits per heavy atom. The van der Waals surface area contributed by atoms with Gasteiger partial charge in [0.2, 0.25) is 9.04 Å². The second-order valence-electron chi connectivity index (χ2n) is 8.70. The van der Waals surface area contributed by atoms with Crippen LogP contribution in [-0.4, -0.2) is 21.1 Å². The highest BCUT2D eigenvalue weighted by Crippen LogP contribution is 2.58. The second-order valence-corrected chi connectivity index (χ2v) is 12.1. The van der Waals surface area contributed by atoms with E-state index in [1.165, 1.54) is 12.5 Å². The fourth-order valence-electron chi connectivity index (χ4n) is 3.86. The lowest BCUT2D eigenvalue weighted by Crippen LogP contribution is -2.38. The van der Waals surface area contributed by atoms with Crippen molar-refractivity contribution in [3.8, 4) is 16.9 Å². The summed E-state index contributed by atoms with van der Waals surface area (Å²) in [4.78, 5) is 11.7. The molecule has 5 heteroatoms. The molecule has 3 nitrogen and oxygen atoms in total. The largest absolute Gasteiger partial charge is 0.426 e. The molecule has 1 radical (unpaired) electrons. The van der Waals surface area contributed by atoms with Gasteiger partial charge in [-0.2, -0.15) is 0 Å². The standard InChI is InChI=1S/C23H28BrO3Si/c1-15(25)26-19-13-9-12-18-21(19)16-10-7-8-11-17(16)23(18,24)14-20(22(2,3)4)27-28(5)6/h7-13,20H,14H2,1-6H3. The fraction of sp³-hybridized carbons (Fsp3) is 0.435. The molecular formula is C23H28BrO3Si. The van der Waals surface area contributed by atoms with Crippen molar-refractivity contribution in [2.24, 2.45) is 5.41 Å². The normalized spacial score (nSPS) is 19.3. The van der Waals surface area contributed by atoms with Crippen molar-refractivity contribution in [3.63, 3.8) is 0 Å². The van der Waals surface area contributed by atoms with Crippen LogP contribution in [0.2, 0.25) is 13.1 Å². The van der Waals surface area contributed by atoms with Gasteiger partial charge in [0, 0.05) is 12.5 Å². The van der Waals surface area contributed by atoms with Gasteiger partial charge in [0.25, 0.3) is 0 Å². The van der Waals surface area contributed by atoms with Crippen LogP contribution in [0.5, 0.6) is 5.75 Å². The lowest BCUT2D eigenvalue weighted by atomic mass is 9.80. The van der Waals surface area contributed by atoms with Crippen molar-refractivity contribution < 1.29 is 14.0 Å². The highest BCUT2D eigenvalue weighted by atomic mass is 79.9. The van der Waals surface area contributed by atoms with Gasteiger partial charge in [-0.3, -0.25) is 4.79 Å². The molecule has 0 saturated carbocycles. The summed E-state index contributed by atoms with van der Waals surface area (Å²) in [6, 6.07) is 14.3. The van der Waals surface area contributed by atoms with E-state index in [9.17, 15) is 4.79 Å². The SMILES string of the molecule is CC(=O)Oc1cccc2c1-c1ccccc1C2(Br)CC(O[Si](C)C)C(C)(C)C. The van der Waals surface area contributed by atoms with E-state index in [1.54, 1.807) is 0 Å². The first-order chi connectivity index (χ1) is 13.0. The number of alkyl halides is 1. The minimum absolute atomic E-state index is 0.00784. The van der Waals surface area contributed by atoms with E-state index in [0.29, 0.717) is 5.75 Å². The molecule has 0 aromatic heterocycles. The maximum absolute atomic E-state index is 11.7. The first kappa shape index (κ1) is 21.3. The highest BCUT2D eigenvalue weighted by Gasteiger charge is 2.46. The van der Waals surface area contributed by atoms with Crippen LogP contribution in [0.1, 0.15) is 45.2 Å². The number of fused-ring (bicyclic) bond motifs is 3. The van der Waals surface area contributed by atoms with E-state index in [-0.39, 0.29) is 21.8 Å². The number of ether oxygens (including phenoxy) is 1. The monoisotopic (exact) mass is 459 g/mol. The van der Waals surface area contributed by atoms with Crippen LogP contribution in [0, 0.1) is 5.41 Å². The predicted molar refractivity (Wildman–Crippen MR) is 119 cm³/mol. The summed E-state index contributed by atoms with van der Waals surface area (Å²) in [5, 5.41) is 0. The number of carbonyl (C=O) groups excluding carboxylic acids is 1. The summed E-state index contributed by atoms with van der Waals surface area (Å²) in [5.41, 5.74) is 4.44. The average Bonchev–Trinajstić information content (AvgIpc) is 2.83. The van der Waals surface area contributed by atoms with Crippen molar-refractivity contribution >= 4 is 30.9 Å². The van der Waals surface area contributed by atoms with Gasteiger partial charge in [-0.1, -0.05) is 73.1 Å². The molecule has 0 saturated heterocycles. The Morgan fingerprint density at radius 3 is 2.36 bits per heavy atom. The average molecular weight is 460 g/mol. The number of carbonyl (C=O) groups is 1. The Hall–Kier alpha value is -1.43. The Labute approximate surface area is 178 Å². The van der Waals surface area contributed by atoms with E-state index in [2.05, 4.69) is 74.1 Å². The van der Waals surface area contributed by atoms with Crippen LogP contribution in [0.25, 0.3) is 11.1 Å². The zero-order valence-corrected chi connectivity index (χ0v) is 20.0. The third-order valence-corrected chi connectivity index (χ3v) is 7.07. The zero-order valence-electron chi connectivity index (χ0n) is 17.4. The topological polar surface area (TPSA) is 35.5 Å². The van der Waals surface area contributed by atoms with Crippen LogP contribution in [0.3, 0.4) is 0 Å². The number of esters is 1. The minimum atomic E-state index is -0.850. The van der Waals surface area contributed by atoms with Crippen LogP contribution >= 0.6 is 15.9 Å². The van der Waals surface area contributed by atoms with Gasteiger partial charge in [0.05, 0.1) is 10.4 Å². The van der Waals surface area contributed by atoms with Gasteiger partial charge >= 0.3 is 5.97 Å². The molecule has 2 atom stereocenters. The molecule has 1 aliphatic carbocycles. The van der Waals surface area contributed by atoms with Crippen LogP contribution < -0.4 is 4.74 Å². The smallest absolute Gasteiger partial charge is 0.308 e.